The Morgan fingerprint density at radius 2 is 2.21 bits per heavy atom. The van der Waals surface area contributed by atoms with Crippen LogP contribution in [0.25, 0.3) is 10.9 Å². The van der Waals surface area contributed by atoms with Crippen molar-refractivity contribution in [2.75, 3.05) is 13.2 Å². The van der Waals surface area contributed by atoms with Crippen LogP contribution >= 0.6 is 0 Å². The first-order valence-electron chi connectivity index (χ1n) is 9.54. The number of carbonyl (C=O) groups excluding carboxylic acids is 1. The number of H-pyrrole nitrogens is 1. The van der Waals surface area contributed by atoms with E-state index in [1.165, 1.54) is 0 Å². The highest BCUT2D eigenvalue weighted by Gasteiger charge is 2.24. The van der Waals surface area contributed by atoms with E-state index in [0.29, 0.717) is 17.7 Å². The zero-order valence-corrected chi connectivity index (χ0v) is 15.9. The molecule has 1 N–H and O–H groups in total. The average molecular weight is 377 g/mol. The molecular weight excluding hydrogens is 354 g/mol. The summed E-state index contributed by atoms with van der Waals surface area (Å²) in [5.41, 5.74) is 2.75. The van der Waals surface area contributed by atoms with Crippen LogP contribution in [0.2, 0.25) is 0 Å². The minimum absolute atomic E-state index is 0.00223. The lowest BCUT2D eigenvalue weighted by molar-refractivity contribution is 0.0506. The number of nitrogens with one attached hydrogen (secondary N) is 1. The largest absolute Gasteiger partial charge is 0.376 e. The van der Waals surface area contributed by atoms with Gasteiger partial charge in [-0.1, -0.05) is 18.2 Å². The van der Waals surface area contributed by atoms with Crippen molar-refractivity contribution < 1.29 is 9.53 Å². The van der Waals surface area contributed by atoms with Crippen molar-refractivity contribution in [1.82, 2.24) is 14.9 Å². The normalized spacial score (nSPS) is 16.4. The van der Waals surface area contributed by atoms with Gasteiger partial charge in [0.25, 0.3) is 11.5 Å². The van der Waals surface area contributed by atoms with Crippen LogP contribution in [0.4, 0.5) is 0 Å². The van der Waals surface area contributed by atoms with Crippen molar-refractivity contribution in [2.45, 2.75) is 32.4 Å². The van der Waals surface area contributed by atoms with Crippen molar-refractivity contribution in [3.63, 3.8) is 0 Å². The first-order valence-corrected chi connectivity index (χ1v) is 9.54. The van der Waals surface area contributed by atoms with Crippen LogP contribution < -0.4 is 5.56 Å². The van der Waals surface area contributed by atoms with Crippen molar-refractivity contribution >= 4 is 16.8 Å². The molecule has 3 heterocycles. The molecule has 1 aliphatic rings. The van der Waals surface area contributed by atoms with E-state index in [0.717, 1.165) is 35.9 Å². The topological polar surface area (TPSA) is 75.3 Å². The fourth-order valence-corrected chi connectivity index (χ4v) is 3.68. The van der Waals surface area contributed by atoms with Crippen LogP contribution in [0, 0.1) is 6.92 Å². The van der Waals surface area contributed by atoms with Gasteiger partial charge in [-0.2, -0.15) is 0 Å². The van der Waals surface area contributed by atoms with Gasteiger partial charge in [-0.3, -0.25) is 14.6 Å². The Balaban J connectivity index is 1.67. The number of carbonyl (C=O) groups is 1. The maximum absolute atomic E-state index is 13.1. The molecule has 2 aromatic heterocycles. The maximum Gasteiger partial charge on any atom is 0.255 e. The third-order valence-electron chi connectivity index (χ3n) is 5.17. The van der Waals surface area contributed by atoms with E-state index in [1.807, 2.05) is 31.2 Å². The Labute approximate surface area is 163 Å². The second kappa shape index (κ2) is 7.94. The summed E-state index contributed by atoms with van der Waals surface area (Å²) in [6.07, 6.45) is 5.11. The lowest BCUT2D eigenvalue weighted by atomic mass is 10.1. The summed E-state index contributed by atoms with van der Waals surface area (Å²) >= 11 is 0. The number of nitrogens with zero attached hydrogens (tertiary/aromatic N) is 2. The molecule has 0 bridgehead atoms. The zero-order valence-electron chi connectivity index (χ0n) is 15.9. The summed E-state index contributed by atoms with van der Waals surface area (Å²) in [7, 11) is 0. The van der Waals surface area contributed by atoms with Gasteiger partial charge in [-0.05, 0) is 48.9 Å². The molecule has 0 saturated carbocycles. The standard InChI is InChI=1S/C22H23N3O3/c1-15-5-2-6-16-11-18(21(26)24-20(15)16)13-25(14-19-8-4-10-28-19)22(27)17-7-3-9-23-12-17/h2-3,5-7,9,11-12,19H,4,8,10,13-14H2,1H3,(H,24,26)/t19-/m0/s1. The van der Waals surface area contributed by atoms with Crippen LogP contribution in [0.5, 0.6) is 0 Å². The second-order valence-electron chi connectivity index (χ2n) is 7.23. The molecule has 6 heteroatoms. The highest BCUT2D eigenvalue weighted by molar-refractivity contribution is 5.94. The van der Waals surface area contributed by atoms with E-state index in [1.54, 1.807) is 29.4 Å². The minimum atomic E-state index is -0.168. The molecule has 28 heavy (non-hydrogen) atoms. The van der Waals surface area contributed by atoms with Crippen molar-refractivity contribution in [3.8, 4) is 0 Å². The number of amides is 1. The summed E-state index contributed by atoms with van der Waals surface area (Å²) < 4.78 is 5.73. The quantitative estimate of drug-likeness (QED) is 0.742. The lowest BCUT2D eigenvalue weighted by Gasteiger charge is -2.25. The number of hydrogen-bond acceptors (Lipinski definition) is 4. The summed E-state index contributed by atoms with van der Waals surface area (Å²) in [6, 6.07) is 11.3. The van der Waals surface area contributed by atoms with E-state index in [4.69, 9.17) is 4.74 Å². The lowest BCUT2D eigenvalue weighted by Crippen LogP contribution is -2.38. The predicted octanol–water partition coefficient (Wildman–Crippen LogP) is 3.05. The van der Waals surface area contributed by atoms with Crippen LogP contribution in [-0.2, 0) is 11.3 Å². The molecule has 0 spiro atoms. The van der Waals surface area contributed by atoms with Gasteiger partial charge in [-0.25, -0.2) is 0 Å². The molecular formula is C22H23N3O3. The number of aromatic nitrogens is 2. The molecule has 1 aromatic carbocycles. The third-order valence-corrected chi connectivity index (χ3v) is 5.17. The molecule has 1 saturated heterocycles. The number of aromatic amines is 1. The van der Waals surface area contributed by atoms with Gasteiger partial charge in [0.2, 0.25) is 0 Å². The first kappa shape index (κ1) is 18.4. The van der Waals surface area contributed by atoms with Crippen LogP contribution in [0.3, 0.4) is 0 Å². The monoisotopic (exact) mass is 377 g/mol. The van der Waals surface area contributed by atoms with Gasteiger partial charge in [0, 0.05) is 31.1 Å². The van der Waals surface area contributed by atoms with E-state index < -0.39 is 0 Å². The third kappa shape index (κ3) is 3.82. The fourth-order valence-electron chi connectivity index (χ4n) is 3.68. The Hall–Kier alpha value is -2.99. The van der Waals surface area contributed by atoms with Crippen LogP contribution in [0.15, 0.2) is 53.6 Å². The number of benzene rings is 1. The summed E-state index contributed by atoms with van der Waals surface area (Å²) in [6.45, 7) is 3.37. The van der Waals surface area contributed by atoms with Crippen molar-refractivity contribution in [3.05, 3.63) is 75.8 Å². The number of ether oxygens (including phenoxy) is 1. The molecule has 3 aromatic rings. The van der Waals surface area contributed by atoms with Crippen molar-refractivity contribution in [2.24, 2.45) is 0 Å². The van der Waals surface area contributed by atoms with E-state index in [2.05, 4.69) is 9.97 Å². The molecule has 0 aliphatic carbocycles. The number of hydrogen-bond donors (Lipinski definition) is 1. The van der Waals surface area contributed by atoms with Gasteiger partial charge < -0.3 is 14.6 Å². The fraction of sp³-hybridized carbons (Fsp3) is 0.318. The molecule has 1 aliphatic heterocycles. The molecule has 0 radical (unpaired) electrons. The zero-order chi connectivity index (χ0) is 19.5. The molecule has 1 fully saturated rings. The second-order valence-corrected chi connectivity index (χ2v) is 7.23. The molecule has 1 amide bonds. The molecule has 6 nitrogen and oxygen atoms in total. The minimum Gasteiger partial charge on any atom is -0.376 e. The first-order chi connectivity index (χ1) is 13.6. The maximum atomic E-state index is 13.1. The Morgan fingerprint density at radius 3 is 2.96 bits per heavy atom. The highest BCUT2D eigenvalue weighted by atomic mass is 16.5. The number of pyridine rings is 2. The molecule has 1 atom stereocenters. The Morgan fingerprint density at radius 1 is 1.32 bits per heavy atom. The van der Waals surface area contributed by atoms with Gasteiger partial charge >= 0.3 is 0 Å². The van der Waals surface area contributed by atoms with Gasteiger partial charge in [0.05, 0.1) is 23.7 Å². The number of fused-ring (bicyclic) bond motifs is 1. The average Bonchev–Trinajstić information content (AvgIpc) is 3.22. The number of rotatable bonds is 5. The van der Waals surface area contributed by atoms with Crippen LogP contribution in [-0.4, -0.2) is 40.0 Å². The smallest absolute Gasteiger partial charge is 0.255 e. The summed E-state index contributed by atoms with van der Waals surface area (Å²) in [5.74, 6) is -0.146. The Bertz CT molecular complexity index is 1040. The number of para-hydroxylation sites is 1. The summed E-state index contributed by atoms with van der Waals surface area (Å²) in [5, 5.41) is 0.959. The molecule has 144 valence electrons. The molecule has 4 rings (SSSR count). The van der Waals surface area contributed by atoms with E-state index in [-0.39, 0.29) is 24.1 Å². The van der Waals surface area contributed by atoms with Gasteiger partial charge in [0.1, 0.15) is 0 Å². The Kier molecular flexibility index (Phi) is 5.21. The highest BCUT2D eigenvalue weighted by Crippen LogP contribution is 2.19. The van der Waals surface area contributed by atoms with E-state index in [9.17, 15) is 9.59 Å². The van der Waals surface area contributed by atoms with Crippen molar-refractivity contribution in [1.29, 1.82) is 0 Å². The van der Waals surface area contributed by atoms with E-state index >= 15 is 0 Å². The van der Waals surface area contributed by atoms with Crippen LogP contribution in [0.1, 0.15) is 34.3 Å². The number of aryl methyl sites for hydroxylation is 1. The SMILES string of the molecule is Cc1cccc2cc(CN(C[C@@H]3CCCO3)C(=O)c3cccnc3)c(=O)[nH]c12. The molecule has 0 unspecified atom stereocenters. The van der Waals surface area contributed by atoms with Gasteiger partial charge in [-0.15, -0.1) is 0 Å². The summed E-state index contributed by atoms with van der Waals surface area (Å²) in [4.78, 5) is 34.5. The van der Waals surface area contributed by atoms with Gasteiger partial charge in [0.15, 0.2) is 0 Å². The predicted molar refractivity (Wildman–Crippen MR) is 107 cm³/mol.